The monoisotopic (exact) mass is 351 g/mol. The lowest BCUT2D eigenvalue weighted by Gasteiger charge is -2.32. The maximum atomic E-state index is 11.2. The molecule has 0 rings (SSSR count). The molecule has 0 aliphatic heterocycles. The van der Waals surface area contributed by atoms with Crippen molar-refractivity contribution in [2.75, 3.05) is 6.54 Å². The minimum absolute atomic E-state index is 0.121. The molecule has 0 spiro atoms. The van der Waals surface area contributed by atoms with E-state index in [4.69, 9.17) is 0 Å². The van der Waals surface area contributed by atoms with Crippen molar-refractivity contribution in [1.29, 1.82) is 0 Å². The highest BCUT2D eigenvalue weighted by Gasteiger charge is 2.20. The number of aliphatic carboxylic acids is 1. The van der Waals surface area contributed by atoms with Crippen LogP contribution in [0, 0.1) is 0 Å². The Labute approximate surface area is 156 Å². The maximum Gasteiger partial charge on any atom is 0.317 e. The third-order valence-electron chi connectivity index (χ3n) is 4.69. The Bertz CT molecular complexity index is 348. The van der Waals surface area contributed by atoms with E-state index in [1.807, 2.05) is 0 Å². The van der Waals surface area contributed by atoms with Gasteiger partial charge in [0.05, 0.1) is 6.54 Å². The largest absolute Gasteiger partial charge is 0.480 e. The molecule has 3 nitrogen and oxygen atoms in total. The van der Waals surface area contributed by atoms with Gasteiger partial charge in [0.25, 0.3) is 0 Å². The molecule has 0 heterocycles. The number of nitrogens with zero attached hydrogens (tertiary/aromatic N) is 1. The fourth-order valence-corrected chi connectivity index (χ4v) is 3.02. The third-order valence-corrected chi connectivity index (χ3v) is 4.69. The number of carboxylic acid groups (broad SMARTS) is 1. The molecule has 25 heavy (non-hydrogen) atoms. The molecule has 1 N–H and O–H groups in total. The molecule has 3 heteroatoms. The van der Waals surface area contributed by atoms with E-state index in [1.165, 1.54) is 38.5 Å². The van der Waals surface area contributed by atoms with Gasteiger partial charge < -0.3 is 5.11 Å². The second-order valence-corrected chi connectivity index (χ2v) is 7.17. The number of carboxylic acids is 1. The number of hydrogen-bond donors (Lipinski definition) is 1. The maximum absolute atomic E-state index is 11.2. The topological polar surface area (TPSA) is 40.5 Å². The van der Waals surface area contributed by atoms with Gasteiger partial charge in [0.15, 0.2) is 0 Å². The first-order valence-electron chi connectivity index (χ1n) is 10.3. The van der Waals surface area contributed by atoms with Crippen molar-refractivity contribution < 1.29 is 9.90 Å². The van der Waals surface area contributed by atoms with Crippen LogP contribution in [0.5, 0.6) is 0 Å². The minimum Gasteiger partial charge on any atom is -0.480 e. The van der Waals surface area contributed by atoms with Crippen LogP contribution >= 0.6 is 0 Å². The van der Waals surface area contributed by atoms with Crippen molar-refractivity contribution in [2.45, 2.75) is 104 Å². The average molecular weight is 352 g/mol. The zero-order valence-corrected chi connectivity index (χ0v) is 17.0. The van der Waals surface area contributed by atoms with Crippen LogP contribution in [0.1, 0.15) is 91.9 Å². The Morgan fingerprint density at radius 3 is 1.64 bits per heavy atom. The summed E-state index contributed by atoms with van der Waals surface area (Å²) in [5.74, 6) is -0.738. The summed E-state index contributed by atoms with van der Waals surface area (Å²) in [4.78, 5) is 13.4. The highest BCUT2D eigenvalue weighted by molar-refractivity contribution is 5.69. The zero-order chi connectivity index (χ0) is 18.9. The van der Waals surface area contributed by atoms with Gasteiger partial charge >= 0.3 is 5.97 Å². The number of rotatable bonds is 16. The molecule has 0 bridgehead atoms. The Kier molecular flexibility index (Phi) is 15.7. The van der Waals surface area contributed by atoms with Gasteiger partial charge in [-0.1, -0.05) is 63.8 Å². The highest BCUT2D eigenvalue weighted by Crippen LogP contribution is 2.14. The molecule has 0 aromatic heterocycles. The van der Waals surface area contributed by atoms with E-state index in [9.17, 15) is 9.90 Å². The van der Waals surface area contributed by atoms with Crippen molar-refractivity contribution in [1.82, 2.24) is 4.90 Å². The van der Waals surface area contributed by atoms with Gasteiger partial charge in [0.1, 0.15) is 0 Å². The zero-order valence-electron chi connectivity index (χ0n) is 17.0. The SMILES string of the molecule is CCCCC/C=C/CC(C)N(CC(=O)O)C(C)C/C=C/CCCCC. The van der Waals surface area contributed by atoms with Gasteiger partial charge in [-0.2, -0.15) is 0 Å². The van der Waals surface area contributed by atoms with Gasteiger partial charge in [0, 0.05) is 12.1 Å². The number of allylic oxidation sites excluding steroid dienone is 2. The molecule has 0 saturated carbocycles. The van der Waals surface area contributed by atoms with Crippen LogP contribution in [-0.4, -0.2) is 34.6 Å². The van der Waals surface area contributed by atoms with E-state index in [1.54, 1.807) is 0 Å². The van der Waals surface area contributed by atoms with Crippen LogP contribution < -0.4 is 0 Å². The molecule has 0 radical (unpaired) electrons. The summed E-state index contributed by atoms with van der Waals surface area (Å²) >= 11 is 0. The van der Waals surface area contributed by atoms with Gasteiger partial charge in [-0.15, -0.1) is 0 Å². The summed E-state index contributed by atoms with van der Waals surface area (Å²) in [6.45, 7) is 8.83. The molecule has 2 unspecified atom stereocenters. The quantitative estimate of drug-likeness (QED) is 0.266. The normalized spacial score (nSPS) is 14.6. The molecule has 146 valence electrons. The Morgan fingerprint density at radius 1 is 0.840 bits per heavy atom. The molecule has 0 fully saturated rings. The molecule has 0 aliphatic carbocycles. The Morgan fingerprint density at radius 2 is 1.28 bits per heavy atom. The second kappa shape index (κ2) is 16.4. The Hall–Kier alpha value is -1.09. The first kappa shape index (κ1) is 23.9. The van der Waals surface area contributed by atoms with Crippen molar-refractivity contribution >= 4 is 5.97 Å². The number of hydrogen-bond acceptors (Lipinski definition) is 2. The summed E-state index contributed by atoms with van der Waals surface area (Å²) in [6.07, 6.45) is 20.6. The van der Waals surface area contributed by atoms with Crippen molar-refractivity contribution in [3.8, 4) is 0 Å². The molecule has 0 amide bonds. The van der Waals surface area contributed by atoms with Gasteiger partial charge in [-0.05, 0) is 52.4 Å². The minimum atomic E-state index is -0.738. The third kappa shape index (κ3) is 13.8. The van der Waals surface area contributed by atoms with E-state index in [0.29, 0.717) is 0 Å². The summed E-state index contributed by atoms with van der Waals surface area (Å²) in [5, 5.41) is 9.24. The predicted octanol–water partition coefficient (Wildman–Crippen LogP) is 6.20. The number of carbonyl (C=O) groups is 1. The second-order valence-electron chi connectivity index (χ2n) is 7.17. The van der Waals surface area contributed by atoms with Crippen LogP contribution in [0.25, 0.3) is 0 Å². The first-order valence-corrected chi connectivity index (χ1v) is 10.3. The van der Waals surface area contributed by atoms with Crippen molar-refractivity contribution in [2.24, 2.45) is 0 Å². The van der Waals surface area contributed by atoms with E-state index in [-0.39, 0.29) is 18.6 Å². The van der Waals surface area contributed by atoms with Crippen LogP contribution in [0.4, 0.5) is 0 Å². The van der Waals surface area contributed by atoms with E-state index < -0.39 is 5.97 Å². The van der Waals surface area contributed by atoms with Crippen LogP contribution in [-0.2, 0) is 4.79 Å². The van der Waals surface area contributed by atoms with E-state index >= 15 is 0 Å². The predicted molar refractivity (Wildman–Crippen MR) is 109 cm³/mol. The smallest absolute Gasteiger partial charge is 0.317 e. The highest BCUT2D eigenvalue weighted by atomic mass is 16.4. The van der Waals surface area contributed by atoms with Crippen molar-refractivity contribution in [3.63, 3.8) is 0 Å². The standard InChI is InChI=1S/C22H41NO2/c1-5-7-9-11-13-15-17-20(3)23(19-22(24)25)21(4)18-16-14-12-10-8-6-2/h13-16,20-21H,5-12,17-19H2,1-4H3,(H,24,25)/b15-13+,16-14+. The lowest BCUT2D eigenvalue weighted by molar-refractivity contribution is -0.139. The molecule has 0 saturated heterocycles. The lowest BCUT2D eigenvalue weighted by Crippen LogP contribution is -2.43. The van der Waals surface area contributed by atoms with Gasteiger partial charge in [-0.25, -0.2) is 0 Å². The molecule has 0 aliphatic rings. The molecular weight excluding hydrogens is 310 g/mol. The summed E-state index contributed by atoms with van der Waals surface area (Å²) in [6, 6.07) is 0.504. The molecular formula is C22H41NO2. The lowest BCUT2D eigenvalue weighted by atomic mass is 10.1. The molecule has 2 atom stereocenters. The fraction of sp³-hybridized carbons (Fsp3) is 0.773. The summed E-state index contributed by atoms with van der Waals surface area (Å²) in [7, 11) is 0. The van der Waals surface area contributed by atoms with E-state index in [2.05, 4.69) is 56.9 Å². The summed E-state index contributed by atoms with van der Waals surface area (Å²) < 4.78 is 0. The van der Waals surface area contributed by atoms with Crippen molar-refractivity contribution in [3.05, 3.63) is 24.3 Å². The first-order chi connectivity index (χ1) is 12.0. The van der Waals surface area contributed by atoms with Gasteiger partial charge in [0.2, 0.25) is 0 Å². The van der Waals surface area contributed by atoms with Crippen LogP contribution in [0.2, 0.25) is 0 Å². The van der Waals surface area contributed by atoms with E-state index in [0.717, 1.165) is 25.7 Å². The summed E-state index contributed by atoms with van der Waals surface area (Å²) in [5.41, 5.74) is 0. The van der Waals surface area contributed by atoms with Crippen LogP contribution in [0.15, 0.2) is 24.3 Å². The Balaban J connectivity index is 4.37. The van der Waals surface area contributed by atoms with Crippen LogP contribution in [0.3, 0.4) is 0 Å². The molecule has 0 aromatic rings. The average Bonchev–Trinajstić information content (AvgIpc) is 2.58. The molecule has 0 aromatic carbocycles. The fourth-order valence-electron chi connectivity index (χ4n) is 3.02. The number of unbranched alkanes of at least 4 members (excludes halogenated alkanes) is 6. The van der Waals surface area contributed by atoms with Gasteiger partial charge in [-0.3, -0.25) is 9.69 Å².